The van der Waals surface area contributed by atoms with Gasteiger partial charge < -0.3 is 14.7 Å². The number of sulfonamides is 1. The van der Waals surface area contributed by atoms with Crippen molar-refractivity contribution in [1.82, 2.24) is 4.31 Å². The van der Waals surface area contributed by atoms with E-state index in [4.69, 9.17) is 4.74 Å². The Hall–Kier alpha value is -2.87. The third-order valence-electron chi connectivity index (χ3n) is 7.39. The molecule has 0 aliphatic rings. The van der Waals surface area contributed by atoms with Crippen LogP contribution in [0.5, 0.6) is 5.75 Å². The van der Waals surface area contributed by atoms with Crippen molar-refractivity contribution in [2.45, 2.75) is 75.8 Å². The zero-order valence-electron chi connectivity index (χ0n) is 24.6. The molecular weight excluding hydrogens is 520 g/mol. The van der Waals surface area contributed by atoms with Crippen molar-refractivity contribution in [2.24, 2.45) is 0 Å². The molecule has 218 valence electrons. The SMILES string of the molecule is CCCCCCCCC(CO)N(Cc1ccccc1)S(=O)(=O)c1ccc(N(C)C)cc1Cc1ccc(OC)cc1. The van der Waals surface area contributed by atoms with Crippen molar-refractivity contribution >= 4 is 15.7 Å². The van der Waals surface area contributed by atoms with Crippen LogP contribution in [-0.4, -0.2) is 51.7 Å². The first-order chi connectivity index (χ1) is 19.3. The number of benzene rings is 3. The van der Waals surface area contributed by atoms with Crippen LogP contribution in [0.4, 0.5) is 5.69 Å². The van der Waals surface area contributed by atoms with Gasteiger partial charge in [-0.1, -0.05) is 87.9 Å². The summed E-state index contributed by atoms with van der Waals surface area (Å²) in [7, 11) is 1.59. The van der Waals surface area contributed by atoms with Crippen LogP contribution in [0.25, 0.3) is 0 Å². The first-order valence-electron chi connectivity index (χ1n) is 14.4. The van der Waals surface area contributed by atoms with Crippen LogP contribution >= 0.6 is 0 Å². The van der Waals surface area contributed by atoms with Gasteiger partial charge >= 0.3 is 0 Å². The van der Waals surface area contributed by atoms with Gasteiger partial charge in [-0.25, -0.2) is 8.42 Å². The van der Waals surface area contributed by atoms with Crippen molar-refractivity contribution in [3.05, 3.63) is 89.5 Å². The predicted octanol–water partition coefficient (Wildman–Crippen LogP) is 6.65. The van der Waals surface area contributed by atoms with E-state index in [9.17, 15) is 13.5 Å². The van der Waals surface area contributed by atoms with E-state index in [1.165, 1.54) is 23.6 Å². The molecule has 7 heteroatoms. The molecule has 3 rings (SSSR count). The molecule has 0 spiro atoms. The lowest BCUT2D eigenvalue weighted by molar-refractivity contribution is 0.172. The molecule has 0 aromatic heterocycles. The van der Waals surface area contributed by atoms with E-state index in [0.717, 1.165) is 47.4 Å². The Kier molecular flexibility index (Phi) is 12.5. The van der Waals surface area contributed by atoms with Crippen LogP contribution in [0, 0.1) is 0 Å². The number of unbranched alkanes of at least 4 members (excludes halogenated alkanes) is 5. The largest absolute Gasteiger partial charge is 0.497 e. The average molecular weight is 567 g/mol. The number of rotatable bonds is 17. The highest BCUT2D eigenvalue weighted by atomic mass is 32.2. The zero-order chi connectivity index (χ0) is 29.0. The molecule has 3 aromatic carbocycles. The molecule has 0 saturated carbocycles. The summed E-state index contributed by atoms with van der Waals surface area (Å²) in [6.07, 6.45) is 7.74. The molecule has 1 unspecified atom stereocenters. The first kappa shape index (κ1) is 31.7. The van der Waals surface area contributed by atoms with Crippen LogP contribution in [0.3, 0.4) is 0 Å². The maximum atomic E-state index is 14.5. The molecule has 1 N–H and O–H groups in total. The summed E-state index contributed by atoms with van der Waals surface area (Å²) in [5.74, 6) is 0.758. The molecule has 6 nitrogen and oxygen atoms in total. The molecular formula is C33H46N2O4S. The second-order valence-electron chi connectivity index (χ2n) is 10.6. The van der Waals surface area contributed by atoms with Gasteiger partial charge in [-0.3, -0.25) is 0 Å². The summed E-state index contributed by atoms with van der Waals surface area (Å²) < 4.78 is 35.8. The third kappa shape index (κ3) is 8.82. The van der Waals surface area contributed by atoms with E-state index in [1.54, 1.807) is 13.2 Å². The molecule has 0 aliphatic heterocycles. The second kappa shape index (κ2) is 15.8. The zero-order valence-corrected chi connectivity index (χ0v) is 25.4. The second-order valence-corrected chi connectivity index (χ2v) is 12.5. The van der Waals surface area contributed by atoms with E-state index in [-0.39, 0.29) is 18.0 Å². The van der Waals surface area contributed by atoms with Crippen molar-refractivity contribution in [2.75, 3.05) is 32.7 Å². The monoisotopic (exact) mass is 566 g/mol. The van der Waals surface area contributed by atoms with Gasteiger partial charge in [0.2, 0.25) is 10.0 Å². The average Bonchev–Trinajstić information content (AvgIpc) is 2.96. The van der Waals surface area contributed by atoms with Gasteiger partial charge in [-0.15, -0.1) is 0 Å². The molecule has 0 heterocycles. The highest BCUT2D eigenvalue weighted by Crippen LogP contribution is 2.30. The van der Waals surface area contributed by atoms with Crippen LogP contribution in [0.15, 0.2) is 77.7 Å². The van der Waals surface area contributed by atoms with Crippen LogP contribution in [0.1, 0.15) is 68.6 Å². The van der Waals surface area contributed by atoms with E-state index >= 15 is 0 Å². The molecule has 0 amide bonds. The van der Waals surface area contributed by atoms with Gasteiger partial charge in [-0.05, 0) is 59.9 Å². The Labute approximate surface area is 241 Å². The summed E-state index contributed by atoms with van der Waals surface area (Å²) in [4.78, 5) is 2.26. The van der Waals surface area contributed by atoms with Gasteiger partial charge in [0.1, 0.15) is 5.75 Å². The quantitative estimate of drug-likeness (QED) is 0.185. The number of hydrogen-bond acceptors (Lipinski definition) is 5. The Morgan fingerprint density at radius 3 is 2.15 bits per heavy atom. The fourth-order valence-electron chi connectivity index (χ4n) is 4.98. The van der Waals surface area contributed by atoms with Crippen LogP contribution < -0.4 is 9.64 Å². The fraction of sp³-hybridized carbons (Fsp3) is 0.455. The van der Waals surface area contributed by atoms with E-state index in [1.807, 2.05) is 85.7 Å². The minimum atomic E-state index is -3.94. The number of anilines is 1. The van der Waals surface area contributed by atoms with Gasteiger partial charge in [0.15, 0.2) is 0 Å². The molecule has 0 fully saturated rings. The lowest BCUT2D eigenvalue weighted by Gasteiger charge is -2.31. The molecule has 40 heavy (non-hydrogen) atoms. The summed E-state index contributed by atoms with van der Waals surface area (Å²) in [5.41, 5.74) is 3.55. The number of aliphatic hydroxyl groups excluding tert-OH is 1. The van der Waals surface area contributed by atoms with Crippen LogP contribution in [0.2, 0.25) is 0 Å². The Bertz CT molecular complexity index is 1260. The van der Waals surface area contributed by atoms with E-state index in [2.05, 4.69) is 6.92 Å². The molecule has 0 bridgehead atoms. The van der Waals surface area contributed by atoms with Gasteiger partial charge in [0.25, 0.3) is 0 Å². The lowest BCUT2D eigenvalue weighted by atomic mass is 10.0. The minimum absolute atomic E-state index is 0.210. The van der Waals surface area contributed by atoms with Gasteiger partial charge in [-0.2, -0.15) is 4.31 Å². The third-order valence-corrected chi connectivity index (χ3v) is 9.39. The summed E-state index contributed by atoms with van der Waals surface area (Å²) >= 11 is 0. The van der Waals surface area contributed by atoms with Crippen LogP contribution in [-0.2, 0) is 23.0 Å². The number of hydrogen-bond donors (Lipinski definition) is 1. The summed E-state index contributed by atoms with van der Waals surface area (Å²) in [6.45, 7) is 2.19. The molecule has 0 saturated heterocycles. The smallest absolute Gasteiger partial charge is 0.243 e. The van der Waals surface area contributed by atoms with Crippen molar-refractivity contribution in [3.63, 3.8) is 0 Å². The molecule has 1 atom stereocenters. The number of methoxy groups -OCH3 is 1. The lowest BCUT2D eigenvalue weighted by Crippen LogP contribution is -2.42. The topological polar surface area (TPSA) is 70.1 Å². The van der Waals surface area contributed by atoms with Gasteiger partial charge in [0.05, 0.1) is 18.6 Å². The van der Waals surface area contributed by atoms with E-state index < -0.39 is 16.1 Å². The standard InChI is InChI=1S/C33H46N2O4S/c1-5-6-7-8-9-13-16-31(26-36)35(25-28-14-11-10-12-15-28)40(37,38)33-22-19-30(34(2)3)24-29(33)23-27-17-20-32(39-4)21-18-27/h10-12,14-15,17-22,24,31,36H,5-9,13,16,23,25-26H2,1-4H3. The fourth-order valence-corrected chi connectivity index (χ4v) is 6.82. The van der Waals surface area contributed by atoms with Crippen molar-refractivity contribution in [1.29, 1.82) is 0 Å². The van der Waals surface area contributed by atoms with Gasteiger partial charge in [0, 0.05) is 32.4 Å². The molecule has 3 aromatic rings. The Balaban J connectivity index is 1.99. The number of aliphatic hydroxyl groups is 1. The highest BCUT2D eigenvalue weighted by molar-refractivity contribution is 7.89. The maximum absolute atomic E-state index is 14.5. The predicted molar refractivity (Wildman–Crippen MR) is 165 cm³/mol. The van der Waals surface area contributed by atoms with Crippen molar-refractivity contribution in [3.8, 4) is 5.75 Å². The Morgan fingerprint density at radius 2 is 1.52 bits per heavy atom. The highest BCUT2D eigenvalue weighted by Gasteiger charge is 2.33. The van der Waals surface area contributed by atoms with E-state index in [0.29, 0.717) is 12.8 Å². The molecule has 0 aliphatic carbocycles. The van der Waals surface area contributed by atoms with Crippen molar-refractivity contribution < 1.29 is 18.3 Å². The number of nitrogens with zero attached hydrogens (tertiary/aromatic N) is 2. The first-order valence-corrected chi connectivity index (χ1v) is 15.8. The molecule has 0 radical (unpaired) electrons. The summed E-state index contributed by atoms with van der Waals surface area (Å²) in [6, 6.07) is 22.4. The number of ether oxygens (including phenoxy) is 1. The normalized spacial score (nSPS) is 12.4. The minimum Gasteiger partial charge on any atom is -0.497 e. The maximum Gasteiger partial charge on any atom is 0.243 e. The Morgan fingerprint density at radius 1 is 0.850 bits per heavy atom. The summed E-state index contributed by atoms with van der Waals surface area (Å²) in [5, 5.41) is 10.5.